The molecular formula is C13H25N3O. The molecule has 0 aromatic rings. The molecule has 4 N–H and O–H groups in total. The molecule has 1 aliphatic heterocycles. The van der Waals surface area contributed by atoms with Gasteiger partial charge in [-0.25, -0.2) is 0 Å². The SMILES string of the molecule is N[C@@H]1CCC[C@H](C(=O)NC[C@@H]2CCCCN2)C1. The van der Waals surface area contributed by atoms with Crippen LogP contribution >= 0.6 is 0 Å². The van der Waals surface area contributed by atoms with Crippen LogP contribution in [-0.2, 0) is 4.79 Å². The summed E-state index contributed by atoms with van der Waals surface area (Å²) in [6.45, 7) is 1.87. The number of piperidine rings is 1. The topological polar surface area (TPSA) is 67.2 Å². The summed E-state index contributed by atoms with van der Waals surface area (Å²) in [5.74, 6) is 0.370. The average molecular weight is 239 g/mol. The van der Waals surface area contributed by atoms with E-state index in [4.69, 9.17) is 5.73 Å². The van der Waals surface area contributed by atoms with Crippen molar-refractivity contribution >= 4 is 5.91 Å². The van der Waals surface area contributed by atoms with Crippen molar-refractivity contribution in [2.45, 2.75) is 57.0 Å². The number of nitrogens with one attached hydrogen (secondary N) is 2. The summed E-state index contributed by atoms with van der Waals surface area (Å²) >= 11 is 0. The third-order valence-electron chi connectivity index (χ3n) is 4.02. The number of amides is 1. The molecule has 1 saturated carbocycles. The van der Waals surface area contributed by atoms with E-state index in [1.165, 1.54) is 19.3 Å². The summed E-state index contributed by atoms with van der Waals surface area (Å²) in [5, 5.41) is 6.53. The van der Waals surface area contributed by atoms with Gasteiger partial charge in [-0.3, -0.25) is 4.79 Å². The first-order valence-corrected chi connectivity index (χ1v) is 7.02. The minimum absolute atomic E-state index is 0.155. The Balaban J connectivity index is 1.69. The smallest absolute Gasteiger partial charge is 0.223 e. The van der Waals surface area contributed by atoms with E-state index in [-0.39, 0.29) is 17.9 Å². The van der Waals surface area contributed by atoms with E-state index >= 15 is 0 Å². The number of carbonyl (C=O) groups excluding carboxylic acids is 1. The number of nitrogens with two attached hydrogens (primary N) is 1. The minimum atomic E-state index is 0.155. The monoisotopic (exact) mass is 239 g/mol. The molecule has 1 heterocycles. The van der Waals surface area contributed by atoms with Gasteiger partial charge in [0.1, 0.15) is 0 Å². The molecule has 2 fully saturated rings. The van der Waals surface area contributed by atoms with Gasteiger partial charge >= 0.3 is 0 Å². The number of hydrogen-bond acceptors (Lipinski definition) is 3. The zero-order valence-corrected chi connectivity index (χ0v) is 10.6. The fourth-order valence-corrected chi connectivity index (χ4v) is 2.93. The fraction of sp³-hybridized carbons (Fsp3) is 0.923. The van der Waals surface area contributed by atoms with Crippen LogP contribution in [-0.4, -0.2) is 31.1 Å². The molecule has 0 aromatic heterocycles. The van der Waals surface area contributed by atoms with Crippen molar-refractivity contribution in [3.8, 4) is 0 Å². The predicted octanol–water partition coefficient (Wildman–Crippen LogP) is 0.762. The largest absolute Gasteiger partial charge is 0.354 e. The van der Waals surface area contributed by atoms with Gasteiger partial charge in [0, 0.05) is 24.5 Å². The second-order valence-electron chi connectivity index (χ2n) is 5.52. The molecule has 1 saturated heterocycles. The molecule has 4 nitrogen and oxygen atoms in total. The van der Waals surface area contributed by atoms with Crippen molar-refractivity contribution in [2.75, 3.05) is 13.1 Å². The Morgan fingerprint density at radius 1 is 1.24 bits per heavy atom. The van der Waals surface area contributed by atoms with E-state index in [1.807, 2.05) is 0 Å². The van der Waals surface area contributed by atoms with Gasteiger partial charge in [-0.2, -0.15) is 0 Å². The van der Waals surface area contributed by atoms with E-state index in [1.54, 1.807) is 0 Å². The van der Waals surface area contributed by atoms with Crippen molar-refractivity contribution < 1.29 is 4.79 Å². The van der Waals surface area contributed by atoms with E-state index in [2.05, 4.69) is 10.6 Å². The van der Waals surface area contributed by atoms with Gasteiger partial charge in [0.2, 0.25) is 5.91 Å². The average Bonchev–Trinajstić information content (AvgIpc) is 2.37. The summed E-state index contributed by atoms with van der Waals surface area (Å²) in [6, 6.07) is 0.706. The third-order valence-corrected chi connectivity index (χ3v) is 4.02. The first-order valence-electron chi connectivity index (χ1n) is 7.02. The Kier molecular flexibility index (Phi) is 4.80. The van der Waals surface area contributed by atoms with Crippen LogP contribution in [0.1, 0.15) is 44.9 Å². The van der Waals surface area contributed by atoms with Crippen LogP contribution in [0.4, 0.5) is 0 Å². The van der Waals surface area contributed by atoms with Crippen LogP contribution in [0.5, 0.6) is 0 Å². The van der Waals surface area contributed by atoms with Crippen LogP contribution in [0.25, 0.3) is 0 Å². The van der Waals surface area contributed by atoms with Crippen LogP contribution in [0.2, 0.25) is 0 Å². The van der Waals surface area contributed by atoms with Crippen LogP contribution < -0.4 is 16.4 Å². The molecule has 0 unspecified atom stereocenters. The maximum atomic E-state index is 12.0. The van der Waals surface area contributed by atoms with Gasteiger partial charge in [0.15, 0.2) is 0 Å². The summed E-state index contributed by atoms with van der Waals surface area (Å²) in [6.07, 6.45) is 7.78. The molecule has 1 aliphatic carbocycles. The lowest BCUT2D eigenvalue weighted by Gasteiger charge is -2.28. The van der Waals surface area contributed by atoms with Crippen LogP contribution in [0, 0.1) is 5.92 Å². The van der Waals surface area contributed by atoms with Gasteiger partial charge in [-0.1, -0.05) is 12.8 Å². The summed E-state index contributed by atoms with van der Waals surface area (Å²) in [5.41, 5.74) is 5.91. The van der Waals surface area contributed by atoms with Crippen molar-refractivity contribution in [3.05, 3.63) is 0 Å². The van der Waals surface area contributed by atoms with Crippen molar-refractivity contribution in [1.82, 2.24) is 10.6 Å². The molecule has 0 bridgehead atoms. The molecule has 0 aromatic carbocycles. The van der Waals surface area contributed by atoms with Crippen molar-refractivity contribution in [1.29, 1.82) is 0 Å². The van der Waals surface area contributed by atoms with Gasteiger partial charge in [-0.15, -0.1) is 0 Å². The van der Waals surface area contributed by atoms with Gasteiger partial charge in [0.25, 0.3) is 0 Å². The molecule has 2 rings (SSSR count). The highest BCUT2D eigenvalue weighted by atomic mass is 16.1. The molecule has 3 atom stereocenters. The zero-order valence-electron chi connectivity index (χ0n) is 10.6. The Bertz CT molecular complexity index is 251. The lowest BCUT2D eigenvalue weighted by atomic mass is 9.85. The zero-order chi connectivity index (χ0) is 12.1. The number of hydrogen-bond donors (Lipinski definition) is 3. The summed E-state index contributed by atoms with van der Waals surface area (Å²) in [4.78, 5) is 12.0. The summed E-state index contributed by atoms with van der Waals surface area (Å²) < 4.78 is 0. The number of rotatable bonds is 3. The van der Waals surface area contributed by atoms with Crippen LogP contribution in [0.3, 0.4) is 0 Å². The van der Waals surface area contributed by atoms with E-state index < -0.39 is 0 Å². The highest BCUT2D eigenvalue weighted by Crippen LogP contribution is 2.23. The third kappa shape index (κ3) is 3.96. The molecular weight excluding hydrogens is 214 g/mol. The Morgan fingerprint density at radius 2 is 2.12 bits per heavy atom. The first-order chi connectivity index (χ1) is 8.25. The van der Waals surface area contributed by atoms with Crippen molar-refractivity contribution in [2.24, 2.45) is 11.7 Å². The molecule has 1 amide bonds. The highest BCUT2D eigenvalue weighted by molar-refractivity contribution is 5.78. The predicted molar refractivity (Wildman–Crippen MR) is 68.6 cm³/mol. The lowest BCUT2D eigenvalue weighted by Crippen LogP contribution is -2.46. The van der Waals surface area contributed by atoms with Gasteiger partial charge in [-0.05, 0) is 38.6 Å². The quantitative estimate of drug-likeness (QED) is 0.681. The Hall–Kier alpha value is -0.610. The molecule has 4 heteroatoms. The maximum absolute atomic E-state index is 12.0. The maximum Gasteiger partial charge on any atom is 0.223 e. The Morgan fingerprint density at radius 3 is 2.82 bits per heavy atom. The summed E-state index contributed by atoms with van der Waals surface area (Å²) in [7, 11) is 0. The Labute approximate surface area is 104 Å². The molecule has 17 heavy (non-hydrogen) atoms. The van der Waals surface area contributed by atoms with Gasteiger partial charge < -0.3 is 16.4 Å². The first kappa shape index (κ1) is 12.8. The van der Waals surface area contributed by atoms with E-state index in [0.29, 0.717) is 6.04 Å². The second kappa shape index (κ2) is 6.36. The molecule has 0 spiro atoms. The normalized spacial score (nSPS) is 34.3. The van der Waals surface area contributed by atoms with Gasteiger partial charge in [0.05, 0.1) is 0 Å². The van der Waals surface area contributed by atoms with E-state index in [9.17, 15) is 4.79 Å². The molecule has 0 radical (unpaired) electrons. The minimum Gasteiger partial charge on any atom is -0.354 e. The van der Waals surface area contributed by atoms with E-state index in [0.717, 1.165) is 38.8 Å². The lowest BCUT2D eigenvalue weighted by molar-refractivity contribution is -0.126. The molecule has 2 aliphatic rings. The number of carbonyl (C=O) groups is 1. The fourth-order valence-electron chi connectivity index (χ4n) is 2.93. The van der Waals surface area contributed by atoms with Crippen molar-refractivity contribution in [3.63, 3.8) is 0 Å². The van der Waals surface area contributed by atoms with Crippen LogP contribution in [0.15, 0.2) is 0 Å². The standard InChI is InChI=1S/C13H25N3O/c14-11-5-3-4-10(8-11)13(17)16-9-12-6-1-2-7-15-12/h10-12,15H,1-9,14H2,(H,16,17)/t10-,11+,12-/m0/s1. The second-order valence-corrected chi connectivity index (χ2v) is 5.52. The highest BCUT2D eigenvalue weighted by Gasteiger charge is 2.25. The molecule has 98 valence electrons.